The molecule has 2 rings (SSSR count). The average molecular weight is 397 g/mol. The van der Waals surface area contributed by atoms with E-state index in [9.17, 15) is 9.59 Å². The number of rotatable bonds is 5. The Kier molecular flexibility index (Phi) is 6.80. The van der Waals surface area contributed by atoms with Crippen LogP contribution in [0.1, 0.15) is 44.7 Å². The molecule has 0 spiro atoms. The molecule has 1 fully saturated rings. The molecule has 0 saturated carbocycles. The molecule has 1 aliphatic rings. The molecule has 1 aromatic carbocycles. The van der Waals surface area contributed by atoms with Gasteiger partial charge < -0.3 is 10.0 Å². The maximum atomic E-state index is 11.8. The van der Waals surface area contributed by atoms with Gasteiger partial charge in [-0.15, -0.1) is 0 Å². The van der Waals surface area contributed by atoms with Gasteiger partial charge in [0.05, 0.1) is 0 Å². The van der Waals surface area contributed by atoms with E-state index in [0.29, 0.717) is 0 Å². The number of nitrogens with zero attached hydrogens (tertiary/aromatic N) is 2. The summed E-state index contributed by atoms with van der Waals surface area (Å²) in [6.07, 6.45) is 2.62. The topological polar surface area (TPSA) is 60.9 Å². The van der Waals surface area contributed by atoms with Gasteiger partial charge in [0.15, 0.2) is 0 Å². The summed E-state index contributed by atoms with van der Waals surface area (Å²) in [4.78, 5) is 26.8. The van der Waals surface area contributed by atoms with Crippen LogP contribution < -0.4 is 0 Å². The highest BCUT2D eigenvalue weighted by molar-refractivity contribution is 9.10. The number of aliphatic carboxylic acids is 1. The van der Waals surface area contributed by atoms with Gasteiger partial charge in [-0.25, -0.2) is 0 Å². The van der Waals surface area contributed by atoms with E-state index in [1.807, 2.05) is 12.1 Å². The summed E-state index contributed by atoms with van der Waals surface area (Å²) in [5.41, 5.74) is 1.25. The summed E-state index contributed by atoms with van der Waals surface area (Å²) in [5.74, 6) is -1.11. The number of carbonyl (C=O) groups excluding carboxylic acids is 1. The van der Waals surface area contributed by atoms with Crippen molar-refractivity contribution in [1.82, 2.24) is 9.80 Å². The van der Waals surface area contributed by atoms with E-state index < -0.39 is 5.97 Å². The number of likely N-dealkylation sites (tertiary alicyclic amines) is 1. The summed E-state index contributed by atoms with van der Waals surface area (Å²) in [7, 11) is 0. The molecule has 1 heterocycles. The van der Waals surface area contributed by atoms with E-state index in [-0.39, 0.29) is 24.5 Å². The van der Waals surface area contributed by atoms with Crippen LogP contribution in [0.4, 0.5) is 0 Å². The monoisotopic (exact) mass is 396 g/mol. The third-order valence-corrected chi connectivity index (χ3v) is 5.51. The lowest BCUT2D eigenvalue weighted by Crippen LogP contribution is -2.42. The Labute approximate surface area is 151 Å². The van der Waals surface area contributed by atoms with Crippen molar-refractivity contribution in [3.63, 3.8) is 0 Å². The Morgan fingerprint density at radius 3 is 2.67 bits per heavy atom. The molecule has 2 unspecified atom stereocenters. The zero-order chi connectivity index (χ0) is 17.7. The molecule has 0 aliphatic carbocycles. The van der Waals surface area contributed by atoms with Crippen LogP contribution in [0.2, 0.25) is 0 Å². The van der Waals surface area contributed by atoms with Gasteiger partial charge in [-0.3, -0.25) is 14.5 Å². The van der Waals surface area contributed by atoms with Gasteiger partial charge >= 0.3 is 5.97 Å². The second kappa shape index (κ2) is 8.62. The fourth-order valence-corrected chi connectivity index (χ4v) is 4.07. The van der Waals surface area contributed by atoms with Gasteiger partial charge in [0.1, 0.15) is 6.54 Å². The van der Waals surface area contributed by atoms with Gasteiger partial charge in [-0.05, 0) is 44.4 Å². The van der Waals surface area contributed by atoms with Gasteiger partial charge in [0.25, 0.3) is 0 Å². The first kappa shape index (κ1) is 18.9. The standard InChI is InChI=1S/C18H25BrN2O3/c1-13(16-7-3-4-8-17(16)19)20-10-5-6-15(9-11-20)21(14(2)22)12-18(23)24/h3-4,7-8,13,15H,5-6,9-12H2,1-2H3,(H,23,24). The van der Waals surface area contributed by atoms with Crippen LogP contribution in [0, 0.1) is 0 Å². The fraction of sp³-hybridized carbons (Fsp3) is 0.556. The van der Waals surface area contributed by atoms with Crippen molar-refractivity contribution in [2.75, 3.05) is 19.6 Å². The van der Waals surface area contributed by atoms with Crippen molar-refractivity contribution < 1.29 is 14.7 Å². The summed E-state index contributed by atoms with van der Waals surface area (Å²) >= 11 is 3.62. The molecule has 0 radical (unpaired) electrons. The molecule has 24 heavy (non-hydrogen) atoms. The van der Waals surface area contributed by atoms with Crippen molar-refractivity contribution >= 4 is 27.8 Å². The van der Waals surface area contributed by atoms with Crippen LogP contribution in [0.3, 0.4) is 0 Å². The zero-order valence-electron chi connectivity index (χ0n) is 14.2. The molecule has 1 amide bonds. The maximum absolute atomic E-state index is 11.8. The minimum absolute atomic E-state index is 0.00927. The molecule has 1 N–H and O–H groups in total. The third kappa shape index (κ3) is 4.80. The fourth-order valence-electron chi connectivity index (χ4n) is 3.45. The van der Waals surface area contributed by atoms with E-state index in [0.717, 1.165) is 36.8 Å². The number of carboxylic acid groups (broad SMARTS) is 1. The number of hydrogen-bond donors (Lipinski definition) is 1. The smallest absolute Gasteiger partial charge is 0.323 e. The Morgan fingerprint density at radius 1 is 1.33 bits per heavy atom. The minimum Gasteiger partial charge on any atom is -0.480 e. The first-order chi connectivity index (χ1) is 11.4. The van der Waals surface area contributed by atoms with Crippen LogP contribution >= 0.6 is 15.9 Å². The molecule has 2 atom stereocenters. The van der Waals surface area contributed by atoms with Gasteiger partial charge in [-0.1, -0.05) is 34.1 Å². The Morgan fingerprint density at radius 2 is 2.04 bits per heavy atom. The Hall–Kier alpha value is -1.40. The molecule has 1 aromatic rings. The molecule has 5 nitrogen and oxygen atoms in total. The van der Waals surface area contributed by atoms with Crippen molar-refractivity contribution in [2.45, 2.75) is 45.2 Å². The SMILES string of the molecule is CC(=O)N(CC(=O)O)C1CCCN(C(C)c2ccccc2Br)CC1. The summed E-state index contributed by atoms with van der Waals surface area (Å²) in [6.45, 7) is 5.25. The molecule has 0 bridgehead atoms. The van der Waals surface area contributed by atoms with Gasteiger partial charge in [0.2, 0.25) is 5.91 Å². The molecule has 6 heteroatoms. The number of carboxylic acids is 1. The average Bonchev–Trinajstić information content (AvgIpc) is 2.78. The number of amides is 1. The maximum Gasteiger partial charge on any atom is 0.323 e. The van der Waals surface area contributed by atoms with Crippen LogP contribution in [0.15, 0.2) is 28.7 Å². The number of carbonyl (C=O) groups is 2. The summed E-state index contributed by atoms with van der Waals surface area (Å²) < 4.78 is 1.11. The second-order valence-corrected chi connectivity index (χ2v) is 7.21. The predicted molar refractivity (Wildman–Crippen MR) is 96.8 cm³/mol. The first-order valence-corrected chi connectivity index (χ1v) is 9.17. The van der Waals surface area contributed by atoms with Crippen LogP contribution in [0.5, 0.6) is 0 Å². The van der Waals surface area contributed by atoms with Crippen LogP contribution in [0.25, 0.3) is 0 Å². The number of benzene rings is 1. The van der Waals surface area contributed by atoms with Crippen LogP contribution in [-0.4, -0.2) is 52.5 Å². The molecule has 1 saturated heterocycles. The van der Waals surface area contributed by atoms with E-state index in [4.69, 9.17) is 5.11 Å². The quantitative estimate of drug-likeness (QED) is 0.829. The molecular formula is C18H25BrN2O3. The highest BCUT2D eigenvalue weighted by Crippen LogP contribution is 2.30. The lowest BCUT2D eigenvalue weighted by molar-refractivity contribution is -0.145. The Balaban J connectivity index is 2.05. The molecular weight excluding hydrogens is 372 g/mol. The minimum atomic E-state index is -0.951. The molecule has 132 valence electrons. The highest BCUT2D eigenvalue weighted by Gasteiger charge is 2.28. The van der Waals surface area contributed by atoms with E-state index in [1.54, 1.807) is 0 Å². The lowest BCUT2D eigenvalue weighted by Gasteiger charge is -2.30. The van der Waals surface area contributed by atoms with Crippen molar-refractivity contribution in [3.8, 4) is 0 Å². The lowest BCUT2D eigenvalue weighted by atomic mass is 10.1. The number of hydrogen-bond acceptors (Lipinski definition) is 3. The normalized spacial score (nSPS) is 20.2. The van der Waals surface area contributed by atoms with Crippen molar-refractivity contribution in [1.29, 1.82) is 0 Å². The first-order valence-electron chi connectivity index (χ1n) is 8.37. The Bertz CT molecular complexity index is 593. The van der Waals surface area contributed by atoms with E-state index in [2.05, 4.69) is 39.9 Å². The molecule has 0 aromatic heterocycles. The summed E-state index contributed by atoms with van der Waals surface area (Å²) in [5, 5.41) is 9.04. The van der Waals surface area contributed by atoms with Crippen molar-refractivity contribution in [3.05, 3.63) is 34.3 Å². The van der Waals surface area contributed by atoms with Gasteiger partial charge in [0, 0.05) is 30.0 Å². The predicted octanol–water partition coefficient (Wildman–Crippen LogP) is 3.30. The zero-order valence-corrected chi connectivity index (χ0v) is 15.8. The number of halogens is 1. The molecule has 1 aliphatic heterocycles. The van der Waals surface area contributed by atoms with Crippen LogP contribution in [-0.2, 0) is 9.59 Å². The van der Waals surface area contributed by atoms with E-state index in [1.165, 1.54) is 17.4 Å². The van der Waals surface area contributed by atoms with Gasteiger partial charge in [-0.2, -0.15) is 0 Å². The third-order valence-electron chi connectivity index (χ3n) is 4.79. The summed E-state index contributed by atoms with van der Waals surface area (Å²) in [6, 6.07) is 8.52. The second-order valence-electron chi connectivity index (χ2n) is 6.36. The van der Waals surface area contributed by atoms with E-state index >= 15 is 0 Å². The largest absolute Gasteiger partial charge is 0.480 e. The highest BCUT2D eigenvalue weighted by atomic mass is 79.9. The van der Waals surface area contributed by atoms with Crippen molar-refractivity contribution in [2.24, 2.45) is 0 Å².